The summed E-state index contributed by atoms with van der Waals surface area (Å²) in [4.78, 5) is 32.9. The molecule has 0 saturated heterocycles. The van der Waals surface area contributed by atoms with Crippen LogP contribution in [0.15, 0.2) is 47.2 Å². The molecular formula is C25H25F3N6O4. The van der Waals surface area contributed by atoms with Crippen LogP contribution in [0, 0.1) is 13.8 Å². The first-order valence-electron chi connectivity index (χ1n) is 11.6. The van der Waals surface area contributed by atoms with E-state index in [-0.39, 0.29) is 24.0 Å². The van der Waals surface area contributed by atoms with Gasteiger partial charge in [-0.1, -0.05) is 17.3 Å². The first-order valence-corrected chi connectivity index (χ1v) is 11.6. The van der Waals surface area contributed by atoms with Crippen LogP contribution in [-0.4, -0.2) is 49.7 Å². The van der Waals surface area contributed by atoms with Crippen molar-refractivity contribution < 1.29 is 32.0 Å². The van der Waals surface area contributed by atoms with Crippen molar-refractivity contribution in [2.24, 2.45) is 5.73 Å². The van der Waals surface area contributed by atoms with E-state index in [2.05, 4.69) is 25.2 Å². The van der Waals surface area contributed by atoms with Crippen molar-refractivity contribution in [3.05, 3.63) is 65.4 Å². The highest BCUT2D eigenvalue weighted by Gasteiger charge is 2.54. The number of aryl methyl sites for hydroxylation is 3. The third-order valence-corrected chi connectivity index (χ3v) is 6.03. The molecule has 13 heteroatoms. The largest absolute Gasteiger partial charge is 0.449 e. The Morgan fingerprint density at radius 3 is 2.66 bits per heavy atom. The number of rotatable bonds is 8. The van der Waals surface area contributed by atoms with Crippen molar-refractivity contribution in [1.29, 1.82) is 0 Å². The zero-order valence-corrected chi connectivity index (χ0v) is 20.8. The summed E-state index contributed by atoms with van der Waals surface area (Å²) in [6.07, 6.45) is -2.53. The van der Waals surface area contributed by atoms with Gasteiger partial charge in [0.05, 0.1) is 12.7 Å². The van der Waals surface area contributed by atoms with Crippen LogP contribution in [0.25, 0.3) is 17.0 Å². The van der Waals surface area contributed by atoms with Gasteiger partial charge in [-0.15, -0.1) is 0 Å². The van der Waals surface area contributed by atoms with Gasteiger partial charge in [0.2, 0.25) is 17.3 Å². The van der Waals surface area contributed by atoms with Crippen molar-refractivity contribution in [3.8, 4) is 11.4 Å². The molecule has 0 spiro atoms. The number of benzene rings is 1. The van der Waals surface area contributed by atoms with E-state index in [1.807, 2.05) is 19.1 Å². The highest BCUT2D eigenvalue weighted by atomic mass is 19.4. The van der Waals surface area contributed by atoms with Gasteiger partial charge >= 0.3 is 12.1 Å². The lowest BCUT2D eigenvalue weighted by Gasteiger charge is -2.31. The van der Waals surface area contributed by atoms with Crippen molar-refractivity contribution in [3.63, 3.8) is 0 Å². The van der Waals surface area contributed by atoms with Gasteiger partial charge in [0, 0.05) is 30.3 Å². The molecule has 1 aromatic carbocycles. The normalized spacial score (nSPS) is 13.3. The number of nitrogens with two attached hydrogens (primary N) is 1. The fraction of sp³-hybridized carbons (Fsp3) is 0.320. The highest BCUT2D eigenvalue weighted by molar-refractivity contribution is 6.04. The molecule has 10 nitrogen and oxygen atoms in total. The van der Waals surface area contributed by atoms with Crippen molar-refractivity contribution >= 4 is 23.2 Å². The number of anilines is 1. The van der Waals surface area contributed by atoms with Crippen LogP contribution in [0.2, 0.25) is 0 Å². The minimum Gasteiger partial charge on any atom is -0.449 e. The van der Waals surface area contributed by atoms with Crippen LogP contribution in [0.3, 0.4) is 0 Å². The van der Waals surface area contributed by atoms with E-state index in [4.69, 9.17) is 10.3 Å². The molecule has 1 amide bonds. The summed E-state index contributed by atoms with van der Waals surface area (Å²) in [6, 6.07) is 8.80. The predicted octanol–water partition coefficient (Wildman–Crippen LogP) is 4.01. The third kappa shape index (κ3) is 5.52. The molecule has 0 radical (unpaired) electrons. The summed E-state index contributed by atoms with van der Waals surface area (Å²) in [7, 11) is 0. The standard InChI is InChI=1S/C25H25F3N6O4/c1-14-7-9-34-18(13-30-19(34)10-14)23(36)31-17-11-16(5-4-15(17)2)22-32-20(38-33-22)6-8-24(3,25(26,27)28)37-21(35)12-29/h4-5,7,9-11,13H,6,8,12,29H2,1-3H3,(H,31,36). The number of ether oxygens (including phenoxy) is 1. The highest BCUT2D eigenvalue weighted by Crippen LogP contribution is 2.37. The van der Waals surface area contributed by atoms with Gasteiger partial charge in [-0.2, -0.15) is 18.2 Å². The maximum Gasteiger partial charge on any atom is 0.428 e. The van der Waals surface area contributed by atoms with E-state index < -0.39 is 30.7 Å². The predicted molar refractivity (Wildman–Crippen MR) is 130 cm³/mol. The summed E-state index contributed by atoms with van der Waals surface area (Å²) in [5.74, 6) is -1.52. The molecule has 3 heterocycles. The van der Waals surface area contributed by atoms with Gasteiger partial charge < -0.3 is 20.3 Å². The molecular weight excluding hydrogens is 505 g/mol. The number of pyridine rings is 1. The molecule has 4 rings (SSSR count). The number of amides is 1. The molecule has 0 aliphatic carbocycles. The van der Waals surface area contributed by atoms with Crippen LogP contribution in [0.5, 0.6) is 0 Å². The molecule has 3 N–H and O–H groups in total. The smallest absolute Gasteiger partial charge is 0.428 e. The maximum atomic E-state index is 13.5. The number of alkyl halides is 3. The van der Waals surface area contributed by atoms with Gasteiger partial charge in [-0.05, 0) is 50.1 Å². The lowest BCUT2D eigenvalue weighted by atomic mass is 9.99. The van der Waals surface area contributed by atoms with Gasteiger partial charge in [-0.3, -0.25) is 14.0 Å². The lowest BCUT2D eigenvalue weighted by Crippen LogP contribution is -2.47. The van der Waals surface area contributed by atoms with Gasteiger partial charge in [0.15, 0.2) is 0 Å². The second kappa shape index (κ2) is 10.2. The van der Waals surface area contributed by atoms with Gasteiger partial charge in [0.25, 0.3) is 5.91 Å². The van der Waals surface area contributed by atoms with E-state index >= 15 is 0 Å². The zero-order chi connectivity index (χ0) is 27.7. The molecule has 3 aromatic heterocycles. The molecule has 0 saturated carbocycles. The van der Waals surface area contributed by atoms with E-state index in [0.717, 1.165) is 18.1 Å². The Hall–Kier alpha value is -4.26. The van der Waals surface area contributed by atoms with Crippen LogP contribution >= 0.6 is 0 Å². The number of halogens is 3. The molecule has 1 atom stereocenters. The van der Waals surface area contributed by atoms with E-state index in [1.165, 1.54) is 6.20 Å². The Morgan fingerprint density at radius 2 is 1.95 bits per heavy atom. The number of carbonyl (C=O) groups is 2. The number of imidazole rings is 1. The molecule has 0 aliphatic heterocycles. The Balaban J connectivity index is 1.50. The van der Waals surface area contributed by atoms with Gasteiger partial charge in [-0.25, -0.2) is 4.98 Å². The minimum atomic E-state index is -4.83. The summed E-state index contributed by atoms with van der Waals surface area (Å²) >= 11 is 0. The topological polar surface area (TPSA) is 138 Å². The third-order valence-electron chi connectivity index (χ3n) is 6.03. The first kappa shape index (κ1) is 26.8. The number of fused-ring (bicyclic) bond motifs is 1. The molecule has 4 aromatic rings. The van der Waals surface area contributed by atoms with E-state index in [1.54, 1.807) is 35.7 Å². The summed E-state index contributed by atoms with van der Waals surface area (Å²) < 4.78 is 52.0. The maximum absolute atomic E-state index is 13.5. The number of hydrogen-bond acceptors (Lipinski definition) is 8. The van der Waals surface area contributed by atoms with Crippen molar-refractivity contribution in [2.45, 2.75) is 45.4 Å². The Labute approximate surface area is 215 Å². The van der Waals surface area contributed by atoms with Crippen molar-refractivity contribution in [2.75, 3.05) is 11.9 Å². The van der Waals surface area contributed by atoms with Crippen molar-refractivity contribution in [1.82, 2.24) is 19.5 Å². The number of nitrogens with zero attached hydrogens (tertiary/aromatic N) is 4. The second-order valence-electron chi connectivity index (χ2n) is 8.98. The monoisotopic (exact) mass is 530 g/mol. The summed E-state index contributed by atoms with van der Waals surface area (Å²) in [6.45, 7) is 3.81. The average Bonchev–Trinajstić information content (AvgIpc) is 3.50. The van der Waals surface area contributed by atoms with Crippen LogP contribution in [-0.2, 0) is 16.0 Å². The quantitative estimate of drug-likeness (QED) is 0.326. The number of esters is 1. The SMILES string of the molecule is Cc1ccn2c(C(=O)Nc3cc(-c4noc(CCC(C)(OC(=O)CN)C(F)(F)F)n4)ccc3C)cnc2c1. The lowest BCUT2D eigenvalue weighted by molar-refractivity contribution is -0.265. The summed E-state index contributed by atoms with van der Waals surface area (Å²) in [5, 5.41) is 6.71. The molecule has 0 bridgehead atoms. The van der Waals surface area contributed by atoms with Crippen LogP contribution < -0.4 is 11.1 Å². The van der Waals surface area contributed by atoms with Crippen LogP contribution in [0.4, 0.5) is 18.9 Å². The number of carbonyl (C=O) groups excluding carboxylic acids is 2. The number of nitrogens with one attached hydrogen (secondary N) is 1. The molecule has 0 aliphatic rings. The molecule has 38 heavy (non-hydrogen) atoms. The van der Waals surface area contributed by atoms with Gasteiger partial charge in [0.1, 0.15) is 11.3 Å². The fourth-order valence-corrected chi connectivity index (χ4v) is 3.70. The van der Waals surface area contributed by atoms with Crippen LogP contribution in [0.1, 0.15) is 40.9 Å². The fourth-order valence-electron chi connectivity index (χ4n) is 3.70. The average molecular weight is 531 g/mol. The molecule has 0 fully saturated rings. The Kier molecular flexibility index (Phi) is 7.22. The van der Waals surface area contributed by atoms with E-state index in [0.29, 0.717) is 22.6 Å². The summed E-state index contributed by atoms with van der Waals surface area (Å²) in [5.41, 5.74) is 6.04. The first-order chi connectivity index (χ1) is 17.9. The Bertz CT molecular complexity index is 1500. The minimum absolute atomic E-state index is 0.0774. The zero-order valence-electron chi connectivity index (χ0n) is 20.8. The Morgan fingerprint density at radius 1 is 1.18 bits per heavy atom. The molecule has 1 unspecified atom stereocenters. The van der Waals surface area contributed by atoms with E-state index in [9.17, 15) is 22.8 Å². The second-order valence-corrected chi connectivity index (χ2v) is 8.98. The number of aromatic nitrogens is 4. The number of hydrogen-bond donors (Lipinski definition) is 2. The molecule has 200 valence electrons.